The Morgan fingerprint density at radius 3 is 2.85 bits per heavy atom. The molecule has 1 N–H and O–H groups in total. The molecule has 0 saturated heterocycles. The molecule has 0 unspecified atom stereocenters. The average Bonchev–Trinajstić information content (AvgIpc) is 2.00. The minimum absolute atomic E-state index is 0.237. The maximum absolute atomic E-state index is 10.7. The smallest absolute Gasteiger partial charge is 0.209 e. The van der Waals surface area contributed by atoms with Gasteiger partial charge in [-0.05, 0) is 17.7 Å². The lowest BCUT2D eigenvalue weighted by Crippen LogP contribution is -2.21. The van der Waals surface area contributed by atoms with Gasteiger partial charge in [0, 0.05) is 12.7 Å². The fourth-order valence-corrected chi connectivity index (χ4v) is 1.39. The Bertz CT molecular complexity index is 391. The van der Waals surface area contributed by atoms with Crippen molar-refractivity contribution in [3.8, 4) is 0 Å². The van der Waals surface area contributed by atoms with Gasteiger partial charge in [0.25, 0.3) is 0 Å². The zero-order valence-corrected chi connectivity index (χ0v) is 8.56. The molecule has 0 atom stereocenters. The topological polar surface area (TPSA) is 59.1 Å². The number of hydrogen-bond acceptors (Lipinski definition) is 3. The number of rotatable bonds is 3. The summed E-state index contributed by atoms with van der Waals surface area (Å²) in [7, 11) is -3.15. The van der Waals surface area contributed by atoms with Crippen molar-refractivity contribution in [1.29, 1.82) is 0 Å². The number of sulfonamides is 1. The zero-order chi connectivity index (χ0) is 9.90. The molecule has 0 aliphatic rings. The van der Waals surface area contributed by atoms with Gasteiger partial charge in [-0.3, -0.25) is 0 Å². The van der Waals surface area contributed by atoms with E-state index in [1.807, 2.05) is 0 Å². The molecule has 1 aromatic rings. The quantitative estimate of drug-likeness (QED) is 0.766. The van der Waals surface area contributed by atoms with Gasteiger partial charge >= 0.3 is 0 Å². The maximum atomic E-state index is 10.7. The van der Waals surface area contributed by atoms with Crippen LogP contribution in [-0.4, -0.2) is 19.7 Å². The Kier molecular flexibility index (Phi) is 3.24. The Hall–Kier alpha value is -0.650. The van der Waals surface area contributed by atoms with E-state index in [4.69, 9.17) is 11.6 Å². The van der Waals surface area contributed by atoms with E-state index in [-0.39, 0.29) is 6.54 Å². The van der Waals surface area contributed by atoms with E-state index in [1.54, 1.807) is 12.1 Å². The Labute approximate surface area is 82.0 Å². The molecule has 0 bridgehead atoms. The predicted octanol–water partition coefficient (Wildman–Crippen LogP) is 0.784. The highest BCUT2D eigenvalue weighted by Crippen LogP contribution is 2.06. The predicted molar refractivity (Wildman–Crippen MR) is 50.9 cm³/mol. The van der Waals surface area contributed by atoms with Crippen molar-refractivity contribution in [3.63, 3.8) is 0 Å². The van der Waals surface area contributed by atoms with Crippen LogP contribution in [0.4, 0.5) is 0 Å². The number of aromatic nitrogens is 1. The third-order valence-corrected chi connectivity index (χ3v) is 2.20. The molecular formula is C7H9ClN2O2S. The van der Waals surface area contributed by atoms with Crippen LogP contribution in [0.25, 0.3) is 0 Å². The Balaban J connectivity index is 2.65. The van der Waals surface area contributed by atoms with Crippen LogP contribution < -0.4 is 4.72 Å². The molecule has 1 rings (SSSR count). The summed E-state index contributed by atoms with van der Waals surface area (Å²) < 4.78 is 23.8. The number of nitrogens with one attached hydrogen (secondary N) is 1. The van der Waals surface area contributed by atoms with Gasteiger partial charge in [0.05, 0.1) is 6.26 Å². The summed E-state index contributed by atoms with van der Waals surface area (Å²) in [6, 6.07) is 3.31. The molecule has 0 spiro atoms. The van der Waals surface area contributed by atoms with Gasteiger partial charge in [-0.15, -0.1) is 0 Å². The first kappa shape index (κ1) is 10.4. The SMILES string of the molecule is CS(=O)(=O)NCc1ccnc(Cl)c1. The summed E-state index contributed by atoms with van der Waals surface area (Å²) in [6.07, 6.45) is 2.64. The molecule has 1 heterocycles. The lowest BCUT2D eigenvalue weighted by atomic mass is 10.3. The van der Waals surface area contributed by atoms with E-state index >= 15 is 0 Å². The van der Waals surface area contributed by atoms with Crippen LogP contribution in [0, 0.1) is 0 Å². The average molecular weight is 221 g/mol. The lowest BCUT2D eigenvalue weighted by molar-refractivity contribution is 0.587. The van der Waals surface area contributed by atoms with Gasteiger partial charge in [0.2, 0.25) is 10.0 Å². The van der Waals surface area contributed by atoms with E-state index in [2.05, 4.69) is 9.71 Å². The lowest BCUT2D eigenvalue weighted by Gasteiger charge is -2.01. The van der Waals surface area contributed by atoms with E-state index in [0.29, 0.717) is 5.15 Å². The van der Waals surface area contributed by atoms with Gasteiger partial charge in [0.1, 0.15) is 5.15 Å². The largest absolute Gasteiger partial charge is 0.245 e. The molecule has 0 saturated carbocycles. The Morgan fingerprint density at radius 2 is 2.31 bits per heavy atom. The van der Waals surface area contributed by atoms with Crippen LogP contribution in [0.1, 0.15) is 5.56 Å². The summed E-state index contributed by atoms with van der Waals surface area (Å²) in [5.74, 6) is 0. The first-order valence-electron chi connectivity index (χ1n) is 3.52. The van der Waals surface area contributed by atoms with Crippen LogP contribution in [0.2, 0.25) is 5.15 Å². The van der Waals surface area contributed by atoms with Crippen LogP contribution in [0.3, 0.4) is 0 Å². The van der Waals surface area contributed by atoms with Gasteiger partial charge < -0.3 is 0 Å². The zero-order valence-electron chi connectivity index (χ0n) is 6.99. The summed E-state index contributed by atoms with van der Waals surface area (Å²) in [5, 5.41) is 0.354. The second-order valence-electron chi connectivity index (χ2n) is 2.58. The fourth-order valence-electron chi connectivity index (χ4n) is 0.767. The van der Waals surface area contributed by atoms with Crippen LogP contribution in [-0.2, 0) is 16.6 Å². The van der Waals surface area contributed by atoms with Gasteiger partial charge in [-0.2, -0.15) is 0 Å². The van der Waals surface area contributed by atoms with Crippen molar-refractivity contribution in [2.75, 3.05) is 6.26 Å². The highest BCUT2D eigenvalue weighted by Gasteiger charge is 2.00. The van der Waals surface area contributed by atoms with Crippen molar-refractivity contribution in [2.24, 2.45) is 0 Å². The van der Waals surface area contributed by atoms with Crippen molar-refractivity contribution in [2.45, 2.75) is 6.54 Å². The third-order valence-electron chi connectivity index (χ3n) is 1.33. The summed E-state index contributed by atoms with van der Waals surface area (Å²) in [6.45, 7) is 0.237. The second-order valence-corrected chi connectivity index (χ2v) is 4.80. The Morgan fingerprint density at radius 1 is 1.62 bits per heavy atom. The minimum Gasteiger partial charge on any atom is -0.245 e. The number of pyridine rings is 1. The second kappa shape index (κ2) is 4.04. The van der Waals surface area contributed by atoms with Gasteiger partial charge in [-0.1, -0.05) is 11.6 Å². The molecule has 6 heteroatoms. The molecule has 13 heavy (non-hydrogen) atoms. The number of halogens is 1. The fraction of sp³-hybridized carbons (Fsp3) is 0.286. The molecular weight excluding hydrogens is 212 g/mol. The first-order chi connectivity index (χ1) is 5.97. The minimum atomic E-state index is -3.15. The number of hydrogen-bond donors (Lipinski definition) is 1. The van der Waals surface area contributed by atoms with E-state index in [0.717, 1.165) is 11.8 Å². The van der Waals surface area contributed by atoms with Crippen LogP contribution >= 0.6 is 11.6 Å². The van der Waals surface area contributed by atoms with Crippen LogP contribution in [0.15, 0.2) is 18.3 Å². The standard InChI is InChI=1S/C7H9ClN2O2S/c1-13(11,12)10-5-6-2-3-9-7(8)4-6/h2-4,10H,5H2,1H3. The summed E-state index contributed by atoms with van der Waals surface area (Å²) in [4.78, 5) is 3.77. The van der Waals surface area contributed by atoms with Crippen LogP contribution in [0.5, 0.6) is 0 Å². The molecule has 72 valence electrons. The summed E-state index contributed by atoms with van der Waals surface area (Å²) in [5.41, 5.74) is 0.783. The summed E-state index contributed by atoms with van der Waals surface area (Å²) >= 11 is 5.61. The third kappa shape index (κ3) is 4.21. The molecule has 4 nitrogen and oxygen atoms in total. The van der Waals surface area contributed by atoms with Crippen molar-refractivity contribution >= 4 is 21.6 Å². The maximum Gasteiger partial charge on any atom is 0.209 e. The molecule has 0 aliphatic heterocycles. The normalized spacial score (nSPS) is 11.5. The molecule has 1 aromatic heterocycles. The molecule has 0 amide bonds. The highest BCUT2D eigenvalue weighted by molar-refractivity contribution is 7.88. The van der Waals surface area contributed by atoms with E-state index in [9.17, 15) is 8.42 Å². The van der Waals surface area contributed by atoms with Gasteiger partial charge in [-0.25, -0.2) is 18.1 Å². The highest BCUT2D eigenvalue weighted by atomic mass is 35.5. The van der Waals surface area contributed by atoms with E-state index in [1.165, 1.54) is 6.20 Å². The van der Waals surface area contributed by atoms with Gasteiger partial charge in [0.15, 0.2) is 0 Å². The van der Waals surface area contributed by atoms with Crippen molar-refractivity contribution in [3.05, 3.63) is 29.0 Å². The van der Waals surface area contributed by atoms with Crippen molar-refractivity contribution < 1.29 is 8.42 Å². The molecule has 0 fully saturated rings. The molecule has 0 radical (unpaired) electrons. The number of nitrogens with zero attached hydrogens (tertiary/aromatic N) is 1. The van der Waals surface area contributed by atoms with Crippen molar-refractivity contribution in [1.82, 2.24) is 9.71 Å². The first-order valence-corrected chi connectivity index (χ1v) is 5.79. The van der Waals surface area contributed by atoms with E-state index < -0.39 is 10.0 Å². The molecule has 0 aromatic carbocycles. The molecule has 0 aliphatic carbocycles. The monoisotopic (exact) mass is 220 g/mol.